The highest BCUT2D eigenvalue weighted by molar-refractivity contribution is 7.71. The number of hydrogen-bond donors (Lipinski definition) is 1. The van der Waals surface area contributed by atoms with Crippen LogP contribution in [0.5, 0.6) is 0 Å². The van der Waals surface area contributed by atoms with Crippen LogP contribution >= 0.6 is 12.2 Å². The molecule has 0 saturated carbocycles. The molecule has 0 radical (unpaired) electrons. The zero-order chi connectivity index (χ0) is 11.5. The molecule has 0 unspecified atom stereocenters. The Morgan fingerprint density at radius 2 is 1.94 bits per heavy atom. The number of hydrogen-bond acceptors (Lipinski definition) is 2. The first-order valence-corrected chi connectivity index (χ1v) is 5.32. The largest absolute Gasteiger partial charge is 0.345 e. The number of aromatic amines is 1. The van der Waals surface area contributed by atoms with Crippen LogP contribution in [-0.4, -0.2) is 4.98 Å². The van der Waals surface area contributed by atoms with Crippen molar-refractivity contribution in [1.29, 1.82) is 5.26 Å². The maximum Gasteiger partial charge on any atom is 0.121 e. The number of benzene rings is 1. The molecule has 0 bridgehead atoms. The van der Waals surface area contributed by atoms with E-state index >= 15 is 0 Å². The summed E-state index contributed by atoms with van der Waals surface area (Å²) < 4.78 is 0.501. The van der Waals surface area contributed by atoms with E-state index in [2.05, 4.69) is 11.1 Å². The number of nitriles is 1. The predicted octanol–water partition coefficient (Wildman–Crippen LogP) is 3.59. The molecule has 0 fully saturated rings. The molecule has 2 rings (SSSR count). The Kier molecular flexibility index (Phi) is 2.84. The third-order valence-electron chi connectivity index (χ3n) is 2.43. The Balaban J connectivity index is 2.63. The van der Waals surface area contributed by atoms with E-state index in [4.69, 9.17) is 17.5 Å². The van der Waals surface area contributed by atoms with Crippen molar-refractivity contribution in [2.45, 2.75) is 6.92 Å². The summed E-state index contributed by atoms with van der Waals surface area (Å²) in [5.74, 6) is 0. The van der Waals surface area contributed by atoms with Crippen LogP contribution in [0.1, 0.15) is 11.1 Å². The Morgan fingerprint density at radius 3 is 2.50 bits per heavy atom. The van der Waals surface area contributed by atoms with Crippen molar-refractivity contribution in [2.24, 2.45) is 0 Å². The molecule has 0 aliphatic heterocycles. The maximum atomic E-state index is 8.92. The van der Waals surface area contributed by atoms with Crippen molar-refractivity contribution in [2.75, 3.05) is 0 Å². The molecule has 3 heteroatoms. The number of aromatic nitrogens is 1. The van der Waals surface area contributed by atoms with E-state index in [-0.39, 0.29) is 0 Å². The summed E-state index contributed by atoms with van der Waals surface area (Å²) in [5.41, 5.74) is 3.48. The minimum atomic E-state index is 0.501. The predicted molar refractivity (Wildman–Crippen MR) is 66.5 cm³/mol. The lowest BCUT2D eigenvalue weighted by molar-refractivity contribution is 1.23. The third kappa shape index (κ3) is 1.88. The second-order valence-electron chi connectivity index (χ2n) is 3.55. The molecule has 0 aliphatic rings. The Hall–Kier alpha value is -1.92. The van der Waals surface area contributed by atoms with Gasteiger partial charge in [-0.2, -0.15) is 5.26 Å². The molecule has 1 heterocycles. The standard InChI is InChI=1S/C13H10N2S/c1-9-7-12(10-5-3-2-4-6-10)15-13(16)11(9)8-14/h2-7H,1H3,(H,15,16). The summed E-state index contributed by atoms with van der Waals surface area (Å²) in [6, 6.07) is 14.0. The Labute approximate surface area is 99.2 Å². The van der Waals surface area contributed by atoms with Crippen molar-refractivity contribution in [3.05, 3.63) is 52.2 Å². The first-order chi connectivity index (χ1) is 7.72. The van der Waals surface area contributed by atoms with Crippen LogP contribution in [0.15, 0.2) is 36.4 Å². The van der Waals surface area contributed by atoms with Gasteiger partial charge in [0.2, 0.25) is 0 Å². The zero-order valence-corrected chi connectivity index (χ0v) is 9.64. The number of nitrogens with one attached hydrogen (secondary N) is 1. The summed E-state index contributed by atoms with van der Waals surface area (Å²) in [7, 11) is 0. The lowest BCUT2D eigenvalue weighted by atomic mass is 10.1. The van der Waals surface area contributed by atoms with Crippen LogP contribution in [0, 0.1) is 22.9 Å². The van der Waals surface area contributed by atoms with E-state index in [1.807, 2.05) is 43.3 Å². The zero-order valence-electron chi connectivity index (χ0n) is 8.82. The number of H-pyrrole nitrogens is 1. The summed E-state index contributed by atoms with van der Waals surface area (Å²) in [4.78, 5) is 3.08. The van der Waals surface area contributed by atoms with Gasteiger partial charge >= 0.3 is 0 Å². The molecule has 0 spiro atoms. The molecular weight excluding hydrogens is 216 g/mol. The van der Waals surface area contributed by atoms with Gasteiger partial charge in [0.15, 0.2) is 0 Å². The second-order valence-corrected chi connectivity index (χ2v) is 3.96. The summed E-state index contributed by atoms with van der Waals surface area (Å²) in [5, 5.41) is 8.92. The average Bonchev–Trinajstić information content (AvgIpc) is 2.30. The summed E-state index contributed by atoms with van der Waals surface area (Å²) in [6.07, 6.45) is 0. The topological polar surface area (TPSA) is 39.6 Å². The van der Waals surface area contributed by atoms with Crippen molar-refractivity contribution < 1.29 is 0 Å². The molecule has 2 nitrogen and oxygen atoms in total. The van der Waals surface area contributed by atoms with Gasteiger partial charge in [-0.15, -0.1) is 0 Å². The van der Waals surface area contributed by atoms with Crippen LogP contribution in [0.3, 0.4) is 0 Å². The van der Waals surface area contributed by atoms with E-state index in [0.29, 0.717) is 10.2 Å². The van der Waals surface area contributed by atoms with Crippen LogP contribution < -0.4 is 0 Å². The van der Waals surface area contributed by atoms with Gasteiger partial charge in [0.05, 0.1) is 5.56 Å². The second kappa shape index (κ2) is 4.30. The van der Waals surface area contributed by atoms with Gasteiger partial charge in [-0.3, -0.25) is 0 Å². The normalized spacial score (nSPS) is 9.75. The SMILES string of the molecule is Cc1cc(-c2ccccc2)[nH]c(=S)c1C#N. The van der Waals surface area contributed by atoms with Crippen LogP contribution in [0.2, 0.25) is 0 Å². The molecule has 1 aromatic carbocycles. The van der Waals surface area contributed by atoms with Crippen LogP contribution in [-0.2, 0) is 0 Å². The average molecular weight is 226 g/mol. The minimum Gasteiger partial charge on any atom is -0.345 e. The fourth-order valence-corrected chi connectivity index (χ4v) is 1.92. The van der Waals surface area contributed by atoms with E-state index < -0.39 is 0 Å². The Morgan fingerprint density at radius 1 is 1.25 bits per heavy atom. The van der Waals surface area contributed by atoms with E-state index in [9.17, 15) is 0 Å². The molecule has 2 aromatic rings. The lowest BCUT2D eigenvalue weighted by Crippen LogP contribution is -1.91. The van der Waals surface area contributed by atoms with Gasteiger partial charge in [-0.1, -0.05) is 42.5 Å². The monoisotopic (exact) mass is 226 g/mol. The number of pyridine rings is 1. The van der Waals surface area contributed by atoms with Crippen LogP contribution in [0.25, 0.3) is 11.3 Å². The van der Waals surface area contributed by atoms with Gasteiger partial charge in [-0.25, -0.2) is 0 Å². The minimum absolute atomic E-state index is 0.501. The van der Waals surface area contributed by atoms with Crippen LogP contribution in [0.4, 0.5) is 0 Å². The highest BCUT2D eigenvalue weighted by atomic mass is 32.1. The summed E-state index contributed by atoms with van der Waals surface area (Å²) >= 11 is 5.15. The van der Waals surface area contributed by atoms with Crippen molar-refractivity contribution in [1.82, 2.24) is 4.98 Å². The Bertz CT molecular complexity index is 606. The molecule has 0 atom stereocenters. The molecule has 0 saturated heterocycles. The highest BCUT2D eigenvalue weighted by Gasteiger charge is 2.04. The van der Waals surface area contributed by atoms with E-state index in [1.165, 1.54) is 0 Å². The first-order valence-electron chi connectivity index (χ1n) is 4.92. The molecule has 16 heavy (non-hydrogen) atoms. The molecule has 1 aromatic heterocycles. The first kappa shape index (κ1) is 10.6. The number of rotatable bonds is 1. The molecule has 0 amide bonds. The van der Waals surface area contributed by atoms with Gasteiger partial charge in [0, 0.05) is 5.69 Å². The fraction of sp³-hybridized carbons (Fsp3) is 0.0769. The van der Waals surface area contributed by atoms with Gasteiger partial charge in [0.25, 0.3) is 0 Å². The quantitative estimate of drug-likeness (QED) is 0.755. The third-order valence-corrected chi connectivity index (χ3v) is 2.73. The lowest BCUT2D eigenvalue weighted by Gasteiger charge is -2.04. The molecule has 1 N–H and O–H groups in total. The van der Waals surface area contributed by atoms with Gasteiger partial charge in [-0.05, 0) is 24.1 Å². The smallest absolute Gasteiger partial charge is 0.121 e. The van der Waals surface area contributed by atoms with Crippen molar-refractivity contribution in [3.8, 4) is 17.3 Å². The molecular formula is C13H10N2S. The molecule has 78 valence electrons. The molecule has 0 aliphatic carbocycles. The van der Waals surface area contributed by atoms with Crippen molar-refractivity contribution >= 4 is 12.2 Å². The summed E-state index contributed by atoms with van der Waals surface area (Å²) in [6.45, 7) is 1.90. The van der Waals surface area contributed by atoms with E-state index in [0.717, 1.165) is 16.8 Å². The van der Waals surface area contributed by atoms with E-state index in [1.54, 1.807) is 0 Å². The van der Waals surface area contributed by atoms with Crippen molar-refractivity contribution in [3.63, 3.8) is 0 Å². The highest BCUT2D eigenvalue weighted by Crippen LogP contribution is 2.19. The maximum absolute atomic E-state index is 8.92. The number of aryl methyl sites for hydroxylation is 1. The number of nitrogens with zero attached hydrogens (tertiary/aromatic N) is 1. The van der Waals surface area contributed by atoms with Gasteiger partial charge < -0.3 is 4.98 Å². The van der Waals surface area contributed by atoms with Gasteiger partial charge in [0.1, 0.15) is 10.7 Å². The fourth-order valence-electron chi connectivity index (χ4n) is 1.60.